The van der Waals surface area contributed by atoms with Crippen LogP contribution in [-0.2, 0) is 6.54 Å². The van der Waals surface area contributed by atoms with Crippen molar-refractivity contribution in [3.05, 3.63) is 17.3 Å². The average Bonchev–Trinajstić information content (AvgIpc) is 2.67. The van der Waals surface area contributed by atoms with E-state index < -0.39 is 0 Å². The van der Waals surface area contributed by atoms with E-state index in [-0.39, 0.29) is 24.0 Å². The first-order chi connectivity index (χ1) is 8.56. The highest BCUT2D eigenvalue weighted by molar-refractivity contribution is 14.0. The standard InChI is InChI=1S/C13H22N4O.HI/c1-9-4-6-17(7-5-9)13(14)15-8-12-16-10(2)11(3)18-12;/h9H,4-8H2,1-3H3,(H2,14,15);1H. The Balaban J connectivity index is 0.00000180. The summed E-state index contributed by atoms with van der Waals surface area (Å²) in [5.74, 6) is 2.89. The summed E-state index contributed by atoms with van der Waals surface area (Å²) in [6, 6.07) is 0. The van der Waals surface area contributed by atoms with Gasteiger partial charge in [0.25, 0.3) is 0 Å². The smallest absolute Gasteiger partial charge is 0.216 e. The molecule has 2 N–H and O–H groups in total. The molecule has 108 valence electrons. The maximum atomic E-state index is 5.99. The molecular formula is C13H23IN4O. The van der Waals surface area contributed by atoms with Gasteiger partial charge in [-0.1, -0.05) is 6.92 Å². The van der Waals surface area contributed by atoms with Crippen molar-refractivity contribution in [2.24, 2.45) is 16.6 Å². The molecule has 1 aliphatic heterocycles. The second kappa shape index (κ2) is 7.12. The van der Waals surface area contributed by atoms with Crippen LogP contribution in [0.4, 0.5) is 0 Å². The van der Waals surface area contributed by atoms with Crippen LogP contribution >= 0.6 is 24.0 Å². The Morgan fingerprint density at radius 2 is 2.05 bits per heavy atom. The molecule has 0 saturated carbocycles. The Morgan fingerprint density at radius 3 is 2.58 bits per heavy atom. The molecule has 1 aromatic heterocycles. The van der Waals surface area contributed by atoms with E-state index in [4.69, 9.17) is 10.2 Å². The van der Waals surface area contributed by atoms with Gasteiger partial charge in [0, 0.05) is 13.1 Å². The van der Waals surface area contributed by atoms with Crippen LogP contribution in [0.1, 0.15) is 37.1 Å². The summed E-state index contributed by atoms with van der Waals surface area (Å²) < 4.78 is 5.48. The van der Waals surface area contributed by atoms with E-state index in [1.54, 1.807) is 0 Å². The van der Waals surface area contributed by atoms with Crippen LogP contribution in [0.25, 0.3) is 0 Å². The van der Waals surface area contributed by atoms with Gasteiger partial charge in [0.05, 0.1) is 5.69 Å². The van der Waals surface area contributed by atoms with Gasteiger partial charge in [-0.05, 0) is 32.6 Å². The highest BCUT2D eigenvalue weighted by atomic mass is 127. The van der Waals surface area contributed by atoms with Gasteiger partial charge in [-0.25, -0.2) is 9.98 Å². The largest absolute Gasteiger partial charge is 0.444 e. The zero-order valence-corrected chi connectivity index (χ0v) is 14.2. The zero-order valence-electron chi connectivity index (χ0n) is 11.8. The quantitative estimate of drug-likeness (QED) is 0.488. The first-order valence-electron chi connectivity index (χ1n) is 6.54. The predicted octanol–water partition coefficient (Wildman–Crippen LogP) is 2.46. The minimum Gasteiger partial charge on any atom is -0.444 e. The van der Waals surface area contributed by atoms with Crippen LogP contribution in [0.15, 0.2) is 9.41 Å². The van der Waals surface area contributed by atoms with Crippen molar-refractivity contribution in [2.45, 2.75) is 40.2 Å². The minimum atomic E-state index is 0. The number of nitrogens with two attached hydrogens (primary N) is 1. The summed E-state index contributed by atoms with van der Waals surface area (Å²) >= 11 is 0. The van der Waals surface area contributed by atoms with Gasteiger partial charge >= 0.3 is 0 Å². The van der Waals surface area contributed by atoms with Crippen molar-refractivity contribution in [1.82, 2.24) is 9.88 Å². The third-order valence-corrected chi connectivity index (χ3v) is 3.56. The number of halogens is 1. The van der Waals surface area contributed by atoms with Crippen LogP contribution in [-0.4, -0.2) is 28.9 Å². The molecule has 0 bridgehead atoms. The summed E-state index contributed by atoms with van der Waals surface area (Å²) in [4.78, 5) is 10.8. The Labute approximate surface area is 131 Å². The first-order valence-corrected chi connectivity index (χ1v) is 6.54. The summed E-state index contributed by atoms with van der Waals surface area (Å²) in [6.45, 7) is 8.54. The van der Waals surface area contributed by atoms with Crippen molar-refractivity contribution in [2.75, 3.05) is 13.1 Å². The molecule has 0 radical (unpaired) electrons. The molecule has 0 atom stereocenters. The summed E-state index contributed by atoms with van der Waals surface area (Å²) in [5, 5.41) is 0. The number of oxazole rings is 1. The third-order valence-electron chi connectivity index (χ3n) is 3.56. The van der Waals surface area contributed by atoms with E-state index in [0.717, 1.165) is 30.5 Å². The lowest BCUT2D eigenvalue weighted by Gasteiger charge is -2.30. The summed E-state index contributed by atoms with van der Waals surface area (Å²) in [5.41, 5.74) is 6.91. The van der Waals surface area contributed by atoms with Gasteiger partial charge < -0.3 is 15.1 Å². The molecule has 2 heterocycles. The van der Waals surface area contributed by atoms with E-state index in [9.17, 15) is 0 Å². The molecule has 0 amide bonds. The number of piperidine rings is 1. The Hall–Kier alpha value is -0.790. The van der Waals surface area contributed by atoms with Crippen LogP contribution in [0.5, 0.6) is 0 Å². The molecule has 1 aromatic rings. The van der Waals surface area contributed by atoms with Gasteiger partial charge in [0.15, 0.2) is 5.96 Å². The Bertz CT molecular complexity index is 416. The number of aliphatic imine (C=N–C) groups is 1. The van der Waals surface area contributed by atoms with E-state index in [2.05, 4.69) is 21.8 Å². The van der Waals surface area contributed by atoms with Gasteiger partial charge in [-0.3, -0.25) is 0 Å². The predicted molar refractivity (Wildman–Crippen MR) is 86.7 cm³/mol. The molecule has 0 unspecified atom stereocenters. The number of rotatable bonds is 2. The highest BCUT2D eigenvalue weighted by Gasteiger charge is 2.17. The maximum Gasteiger partial charge on any atom is 0.216 e. The van der Waals surface area contributed by atoms with Gasteiger partial charge in [0.2, 0.25) is 5.89 Å². The van der Waals surface area contributed by atoms with Crippen LogP contribution in [0.2, 0.25) is 0 Å². The fourth-order valence-electron chi connectivity index (χ4n) is 2.09. The van der Waals surface area contributed by atoms with Crippen molar-refractivity contribution >= 4 is 29.9 Å². The molecule has 5 nitrogen and oxygen atoms in total. The number of hydrogen-bond acceptors (Lipinski definition) is 3. The monoisotopic (exact) mass is 378 g/mol. The highest BCUT2D eigenvalue weighted by Crippen LogP contribution is 2.15. The van der Waals surface area contributed by atoms with Crippen LogP contribution in [0.3, 0.4) is 0 Å². The molecule has 2 rings (SSSR count). The number of nitrogens with zero attached hydrogens (tertiary/aromatic N) is 3. The molecule has 0 aromatic carbocycles. The zero-order chi connectivity index (χ0) is 13.1. The first kappa shape index (κ1) is 16.3. The van der Waals surface area contributed by atoms with Gasteiger partial charge in [-0.2, -0.15) is 0 Å². The van der Waals surface area contributed by atoms with Crippen molar-refractivity contribution in [3.63, 3.8) is 0 Å². The molecule has 0 spiro atoms. The topological polar surface area (TPSA) is 67.7 Å². The second-order valence-electron chi connectivity index (χ2n) is 5.09. The Morgan fingerprint density at radius 1 is 1.42 bits per heavy atom. The van der Waals surface area contributed by atoms with E-state index in [1.165, 1.54) is 12.8 Å². The Kier molecular flexibility index (Phi) is 6.09. The normalized spacial score (nSPS) is 17.4. The van der Waals surface area contributed by atoms with Gasteiger partial charge in [0.1, 0.15) is 12.3 Å². The lowest BCUT2D eigenvalue weighted by molar-refractivity contribution is 0.277. The van der Waals surface area contributed by atoms with Crippen molar-refractivity contribution in [1.29, 1.82) is 0 Å². The van der Waals surface area contributed by atoms with E-state index in [1.807, 2.05) is 13.8 Å². The number of aryl methyl sites for hydroxylation is 2. The lowest BCUT2D eigenvalue weighted by Crippen LogP contribution is -2.42. The minimum absolute atomic E-state index is 0. The molecular weight excluding hydrogens is 355 g/mol. The second-order valence-corrected chi connectivity index (χ2v) is 5.09. The maximum absolute atomic E-state index is 5.99. The van der Waals surface area contributed by atoms with E-state index in [0.29, 0.717) is 18.4 Å². The fourth-order valence-corrected chi connectivity index (χ4v) is 2.09. The molecule has 6 heteroatoms. The number of aromatic nitrogens is 1. The molecule has 19 heavy (non-hydrogen) atoms. The van der Waals surface area contributed by atoms with Crippen LogP contribution in [0, 0.1) is 19.8 Å². The molecule has 1 fully saturated rings. The lowest BCUT2D eigenvalue weighted by atomic mass is 10.00. The summed E-state index contributed by atoms with van der Waals surface area (Å²) in [7, 11) is 0. The third kappa shape index (κ3) is 4.36. The molecule has 0 aliphatic carbocycles. The molecule has 1 saturated heterocycles. The number of hydrogen-bond donors (Lipinski definition) is 1. The number of guanidine groups is 1. The fraction of sp³-hybridized carbons (Fsp3) is 0.692. The average molecular weight is 378 g/mol. The van der Waals surface area contributed by atoms with E-state index >= 15 is 0 Å². The summed E-state index contributed by atoms with van der Waals surface area (Å²) in [6.07, 6.45) is 2.38. The van der Waals surface area contributed by atoms with Crippen LogP contribution < -0.4 is 5.73 Å². The molecule has 1 aliphatic rings. The van der Waals surface area contributed by atoms with Crippen molar-refractivity contribution < 1.29 is 4.42 Å². The number of likely N-dealkylation sites (tertiary alicyclic amines) is 1. The SMILES string of the molecule is Cc1nc(CN=C(N)N2CCC(C)CC2)oc1C.I. The van der Waals surface area contributed by atoms with Crippen molar-refractivity contribution in [3.8, 4) is 0 Å². The van der Waals surface area contributed by atoms with Gasteiger partial charge in [-0.15, -0.1) is 24.0 Å².